The van der Waals surface area contributed by atoms with Crippen molar-refractivity contribution in [1.82, 2.24) is 19.9 Å². The third kappa shape index (κ3) is 3.50. The summed E-state index contributed by atoms with van der Waals surface area (Å²) in [6.45, 7) is 2.40. The first kappa shape index (κ1) is 15.7. The number of rotatable bonds is 4. The molecular formula is C20H20N4O. The molecule has 0 fully saturated rings. The fourth-order valence-electron chi connectivity index (χ4n) is 3.28. The molecule has 25 heavy (non-hydrogen) atoms. The van der Waals surface area contributed by atoms with Gasteiger partial charge < -0.3 is 4.74 Å². The molecule has 0 bridgehead atoms. The first-order valence-electron chi connectivity index (χ1n) is 8.63. The summed E-state index contributed by atoms with van der Waals surface area (Å²) in [6.07, 6.45) is 9.67. The molecule has 1 aliphatic carbocycles. The van der Waals surface area contributed by atoms with Gasteiger partial charge in [-0.15, -0.1) is 0 Å². The maximum atomic E-state index is 5.96. The minimum absolute atomic E-state index is 0.415. The molecule has 4 rings (SSSR count). The highest BCUT2D eigenvalue weighted by Gasteiger charge is 2.18. The second-order valence-corrected chi connectivity index (χ2v) is 6.33. The van der Waals surface area contributed by atoms with E-state index >= 15 is 0 Å². The van der Waals surface area contributed by atoms with E-state index in [9.17, 15) is 0 Å². The van der Waals surface area contributed by atoms with E-state index in [2.05, 4.69) is 15.0 Å². The topological polar surface area (TPSA) is 60.8 Å². The van der Waals surface area contributed by atoms with Crippen molar-refractivity contribution < 1.29 is 4.74 Å². The zero-order chi connectivity index (χ0) is 17.1. The summed E-state index contributed by atoms with van der Waals surface area (Å²) in [5.41, 5.74) is 6.49. The van der Waals surface area contributed by atoms with Crippen LogP contribution in [0.3, 0.4) is 0 Å². The second-order valence-electron chi connectivity index (χ2n) is 6.33. The van der Waals surface area contributed by atoms with Gasteiger partial charge in [0.1, 0.15) is 12.9 Å². The smallest absolute Gasteiger partial charge is 0.214 e. The van der Waals surface area contributed by atoms with Gasteiger partial charge in [0.05, 0.1) is 5.69 Å². The number of hydrogen-bond acceptors (Lipinski definition) is 5. The lowest BCUT2D eigenvalue weighted by Crippen LogP contribution is -2.09. The zero-order valence-corrected chi connectivity index (χ0v) is 14.3. The fourth-order valence-corrected chi connectivity index (χ4v) is 3.28. The molecule has 0 amide bonds. The molecule has 5 nitrogen and oxygen atoms in total. The Labute approximate surface area is 147 Å². The lowest BCUT2D eigenvalue weighted by atomic mass is 9.90. The van der Waals surface area contributed by atoms with Crippen LogP contribution in [0.15, 0.2) is 43.0 Å². The van der Waals surface area contributed by atoms with Gasteiger partial charge in [-0.1, -0.05) is 6.07 Å². The van der Waals surface area contributed by atoms with Crippen molar-refractivity contribution in [3.8, 4) is 17.0 Å². The minimum Gasteiger partial charge on any atom is -0.471 e. The van der Waals surface area contributed by atoms with Crippen molar-refractivity contribution >= 4 is 0 Å². The molecule has 0 saturated carbocycles. The Kier molecular flexibility index (Phi) is 4.37. The molecule has 0 aliphatic heterocycles. The number of aromatic nitrogens is 4. The fraction of sp³-hybridized carbons (Fsp3) is 0.300. The third-order valence-electron chi connectivity index (χ3n) is 4.46. The van der Waals surface area contributed by atoms with E-state index in [4.69, 9.17) is 9.72 Å². The van der Waals surface area contributed by atoms with E-state index < -0.39 is 0 Å². The Morgan fingerprint density at radius 3 is 2.72 bits per heavy atom. The SMILES string of the molecule is Cc1cccc(COc2cc(-c3cncnc3)c3c(n2)CCCC3)n1. The molecular weight excluding hydrogens is 312 g/mol. The Morgan fingerprint density at radius 1 is 1.04 bits per heavy atom. The summed E-state index contributed by atoms with van der Waals surface area (Å²) in [4.78, 5) is 17.6. The third-order valence-corrected chi connectivity index (χ3v) is 4.46. The van der Waals surface area contributed by atoms with Crippen LogP contribution in [0.2, 0.25) is 0 Å². The summed E-state index contributed by atoms with van der Waals surface area (Å²) in [5.74, 6) is 0.641. The molecule has 0 N–H and O–H groups in total. The minimum atomic E-state index is 0.415. The molecule has 3 aromatic heterocycles. The average Bonchev–Trinajstić information content (AvgIpc) is 2.66. The number of pyridine rings is 2. The Morgan fingerprint density at radius 2 is 1.88 bits per heavy atom. The zero-order valence-electron chi connectivity index (χ0n) is 14.3. The molecule has 126 valence electrons. The molecule has 0 spiro atoms. The van der Waals surface area contributed by atoms with Gasteiger partial charge in [-0.05, 0) is 55.9 Å². The summed E-state index contributed by atoms with van der Waals surface area (Å²) >= 11 is 0. The van der Waals surface area contributed by atoms with E-state index in [1.54, 1.807) is 6.33 Å². The van der Waals surface area contributed by atoms with Crippen LogP contribution in [-0.2, 0) is 19.4 Å². The number of fused-ring (bicyclic) bond motifs is 1. The van der Waals surface area contributed by atoms with Crippen LogP contribution >= 0.6 is 0 Å². The van der Waals surface area contributed by atoms with Crippen LogP contribution < -0.4 is 4.74 Å². The van der Waals surface area contributed by atoms with Crippen LogP contribution in [-0.4, -0.2) is 19.9 Å². The molecule has 3 aromatic rings. The lowest BCUT2D eigenvalue weighted by molar-refractivity contribution is 0.288. The molecule has 1 aliphatic rings. The highest BCUT2D eigenvalue weighted by Crippen LogP contribution is 2.33. The molecule has 3 heterocycles. The van der Waals surface area contributed by atoms with Gasteiger partial charge in [0.25, 0.3) is 0 Å². The molecule has 0 aromatic carbocycles. The highest BCUT2D eigenvalue weighted by molar-refractivity contribution is 5.68. The van der Waals surface area contributed by atoms with Crippen molar-refractivity contribution in [2.45, 2.75) is 39.2 Å². The van der Waals surface area contributed by atoms with Gasteiger partial charge in [0.15, 0.2) is 0 Å². The van der Waals surface area contributed by atoms with Crippen molar-refractivity contribution in [2.75, 3.05) is 0 Å². The van der Waals surface area contributed by atoms with Gasteiger partial charge in [-0.2, -0.15) is 0 Å². The lowest BCUT2D eigenvalue weighted by Gasteiger charge is -2.20. The Balaban J connectivity index is 1.66. The molecule has 5 heteroatoms. The summed E-state index contributed by atoms with van der Waals surface area (Å²) < 4.78 is 5.96. The number of ether oxygens (including phenoxy) is 1. The van der Waals surface area contributed by atoms with E-state index in [-0.39, 0.29) is 0 Å². The quantitative estimate of drug-likeness (QED) is 0.729. The predicted octanol–water partition coefficient (Wildman–Crippen LogP) is 3.70. The van der Waals surface area contributed by atoms with Crippen LogP contribution in [0.25, 0.3) is 11.1 Å². The Hall–Kier alpha value is -2.82. The first-order chi connectivity index (χ1) is 12.3. The normalized spacial score (nSPS) is 13.3. The maximum absolute atomic E-state index is 5.96. The second kappa shape index (κ2) is 6.97. The van der Waals surface area contributed by atoms with Crippen molar-refractivity contribution in [3.05, 3.63) is 65.6 Å². The monoisotopic (exact) mass is 332 g/mol. The van der Waals surface area contributed by atoms with E-state index in [1.165, 1.54) is 18.4 Å². The molecule has 0 unspecified atom stereocenters. The van der Waals surface area contributed by atoms with Crippen LogP contribution in [0.4, 0.5) is 0 Å². The van der Waals surface area contributed by atoms with Gasteiger partial charge >= 0.3 is 0 Å². The number of aryl methyl sites for hydroxylation is 2. The average molecular weight is 332 g/mol. The standard InChI is InChI=1S/C20H20N4O/c1-14-5-4-6-16(23-14)12-25-20-9-18(15-10-21-13-22-11-15)17-7-2-3-8-19(17)24-20/h4-6,9-11,13H,2-3,7-8,12H2,1H3. The van der Waals surface area contributed by atoms with Crippen molar-refractivity contribution in [1.29, 1.82) is 0 Å². The van der Waals surface area contributed by atoms with Crippen LogP contribution in [0, 0.1) is 6.92 Å². The molecule has 0 atom stereocenters. The van der Waals surface area contributed by atoms with Gasteiger partial charge in [-0.3, -0.25) is 4.98 Å². The molecule has 0 saturated heterocycles. The van der Waals surface area contributed by atoms with Crippen molar-refractivity contribution in [2.24, 2.45) is 0 Å². The number of nitrogens with zero attached hydrogens (tertiary/aromatic N) is 4. The molecule has 0 radical (unpaired) electrons. The highest BCUT2D eigenvalue weighted by atomic mass is 16.5. The van der Waals surface area contributed by atoms with Crippen LogP contribution in [0.5, 0.6) is 5.88 Å². The summed E-state index contributed by atoms with van der Waals surface area (Å²) in [6, 6.07) is 7.96. The first-order valence-corrected chi connectivity index (χ1v) is 8.63. The van der Waals surface area contributed by atoms with Gasteiger partial charge in [-0.25, -0.2) is 15.0 Å². The summed E-state index contributed by atoms with van der Waals surface area (Å²) in [7, 11) is 0. The largest absolute Gasteiger partial charge is 0.471 e. The Bertz CT molecular complexity index is 880. The van der Waals surface area contributed by atoms with E-state index in [0.29, 0.717) is 12.5 Å². The van der Waals surface area contributed by atoms with Gasteiger partial charge in [0.2, 0.25) is 5.88 Å². The van der Waals surface area contributed by atoms with Gasteiger partial charge in [0, 0.05) is 35.4 Å². The van der Waals surface area contributed by atoms with E-state index in [0.717, 1.165) is 41.1 Å². The van der Waals surface area contributed by atoms with E-state index in [1.807, 2.05) is 43.6 Å². The predicted molar refractivity (Wildman–Crippen MR) is 95.2 cm³/mol. The number of hydrogen-bond donors (Lipinski definition) is 0. The van der Waals surface area contributed by atoms with Crippen molar-refractivity contribution in [3.63, 3.8) is 0 Å². The summed E-state index contributed by atoms with van der Waals surface area (Å²) in [5, 5.41) is 0. The van der Waals surface area contributed by atoms with Crippen LogP contribution in [0.1, 0.15) is 35.5 Å². The maximum Gasteiger partial charge on any atom is 0.214 e.